The van der Waals surface area contributed by atoms with Crippen LogP contribution in [0.2, 0.25) is 0 Å². The van der Waals surface area contributed by atoms with Gasteiger partial charge in [0.1, 0.15) is 0 Å². The minimum atomic E-state index is -3.69. The van der Waals surface area contributed by atoms with Crippen molar-refractivity contribution in [3.63, 3.8) is 0 Å². The second kappa shape index (κ2) is 7.76. The molecule has 0 spiro atoms. The number of sulfonamides is 2. The predicted molar refractivity (Wildman–Crippen MR) is 101 cm³/mol. The van der Waals surface area contributed by atoms with Gasteiger partial charge in [-0.2, -0.15) is 4.31 Å². The van der Waals surface area contributed by atoms with Crippen molar-refractivity contribution in [3.8, 4) is 0 Å². The van der Waals surface area contributed by atoms with Crippen molar-refractivity contribution in [1.29, 1.82) is 0 Å². The van der Waals surface area contributed by atoms with Gasteiger partial charge in [-0.3, -0.25) is 4.90 Å². The number of β-amino-alcohol motifs (C(OH)–C–C–N with tert-alkyl or cyclic N) is 1. The number of rotatable bonds is 7. The molecule has 2 fully saturated rings. The fourth-order valence-corrected chi connectivity index (χ4v) is 6.04. The van der Waals surface area contributed by atoms with Crippen LogP contribution in [0.3, 0.4) is 0 Å². The number of hydrogen-bond donors (Lipinski definition) is 2. The summed E-state index contributed by atoms with van der Waals surface area (Å²) in [5.41, 5.74) is 0. The molecule has 1 aromatic carbocycles. The SMILES string of the molecule is C[C@@H]1CN(S(=O)(=O)c2ccc(S(=O)(=O)NC3CC3)cc2)CCN1C[C@@H](C)O. The van der Waals surface area contributed by atoms with Crippen LogP contribution in [0, 0.1) is 0 Å². The molecule has 0 bridgehead atoms. The molecule has 2 aliphatic rings. The lowest BCUT2D eigenvalue weighted by molar-refractivity contribution is 0.0699. The molecule has 0 radical (unpaired) electrons. The van der Waals surface area contributed by atoms with E-state index in [1.165, 1.54) is 28.6 Å². The molecule has 10 heteroatoms. The second-order valence-corrected chi connectivity index (χ2v) is 11.1. The monoisotopic (exact) mass is 417 g/mol. The fraction of sp³-hybridized carbons (Fsp3) is 0.647. The first-order chi connectivity index (χ1) is 12.6. The first kappa shape index (κ1) is 20.7. The normalized spacial score (nSPS) is 24.0. The summed E-state index contributed by atoms with van der Waals surface area (Å²) in [6, 6.07) is 5.37. The Morgan fingerprint density at radius 3 is 2.22 bits per heavy atom. The molecular formula is C17H27N3O5S2. The molecule has 1 heterocycles. The van der Waals surface area contributed by atoms with E-state index in [1.807, 2.05) is 6.92 Å². The minimum Gasteiger partial charge on any atom is -0.392 e. The number of nitrogens with zero attached hydrogens (tertiary/aromatic N) is 2. The molecule has 0 amide bonds. The molecule has 1 aliphatic carbocycles. The molecule has 2 N–H and O–H groups in total. The van der Waals surface area contributed by atoms with Crippen molar-refractivity contribution in [2.45, 2.75) is 54.7 Å². The summed E-state index contributed by atoms with van der Waals surface area (Å²) < 4.78 is 54.2. The third-order valence-electron chi connectivity index (χ3n) is 4.90. The van der Waals surface area contributed by atoms with Crippen LogP contribution in [0.15, 0.2) is 34.1 Å². The zero-order chi connectivity index (χ0) is 19.8. The first-order valence-corrected chi connectivity index (χ1v) is 12.1. The smallest absolute Gasteiger partial charge is 0.243 e. The average Bonchev–Trinajstić information content (AvgIpc) is 3.39. The molecule has 3 rings (SSSR count). The molecule has 1 saturated carbocycles. The van der Waals surface area contributed by atoms with Gasteiger partial charge in [-0.1, -0.05) is 0 Å². The second-order valence-electron chi connectivity index (χ2n) is 7.42. The van der Waals surface area contributed by atoms with Gasteiger partial charge in [0.25, 0.3) is 0 Å². The van der Waals surface area contributed by atoms with Crippen molar-refractivity contribution in [1.82, 2.24) is 13.9 Å². The van der Waals surface area contributed by atoms with Gasteiger partial charge in [0.2, 0.25) is 20.0 Å². The zero-order valence-corrected chi connectivity index (χ0v) is 17.2. The van der Waals surface area contributed by atoms with Crippen molar-refractivity contribution in [2.24, 2.45) is 0 Å². The molecule has 0 aromatic heterocycles. The molecule has 1 saturated heterocycles. The van der Waals surface area contributed by atoms with Crippen LogP contribution in [0.5, 0.6) is 0 Å². The zero-order valence-electron chi connectivity index (χ0n) is 15.6. The van der Waals surface area contributed by atoms with Gasteiger partial charge in [-0.25, -0.2) is 21.6 Å². The third kappa shape index (κ3) is 4.87. The highest BCUT2D eigenvalue weighted by Gasteiger charge is 2.33. The number of hydrogen-bond acceptors (Lipinski definition) is 6. The Bertz CT molecular complexity index is 864. The fourth-order valence-electron chi connectivity index (χ4n) is 3.22. The van der Waals surface area contributed by atoms with Crippen molar-refractivity contribution in [2.75, 3.05) is 26.2 Å². The number of piperazine rings is 1. The van der Waals surface area contributed by atoms with Crippen molar-refractivity contribution < 1.29 is 21.9 Å². The van der Waals surface area contributed by atoms with Gasteiger partial charge >= 0.3 is 0 Å². The Hall–Kier alpha value is -1.04. The lowest BCUT2D eigenvalue weighted by Crippen LogP contribution is -2.54. The Kier molecular flexibility index (Phi) is 5.95. The lowest BCUT2D eigenvalue weighted by Gasteiger charge is -2.39. The van der Waals surface area contributed by atoms with E-state index in [9.17, 15) is 21.9 Å². The number of aliphatic hydroxyl groups is 1. The maximum atomic E-state index is 12.9. The topological polar surface area (TPSA) is 107 Å². The number of benzene rings is 1. The summed E-state index contributed by atoms with van der Waals surface area (Å²) in [6.07, 6.45) is 1.21. The van der Waals surface area contributed by atoms with E-state index in [1.54, 1.807) is 6.92 Å². The van der Waals surface area contributed by atoms with Crippen LogP contribution in [-0.4, -0.2) is 75.5 Å². The van der Waals surface area contributed by atoms with Gasteiger partial charge < -0.3 is 5.11 Å². The summed E-state index contributed by atoms with van der Waals surface area (Å²) in [5.74, 6) is 0. The van der Waals surface area contributed by atoms with E-state index in [0.29, 0.717) is 26.2 Å². The van der Waals surface area contributed by atoms with E-state index < -0.39 is 26.2 Å². The van der Waals surface area contributed by atoms with Crippen molar-refractivity contribution >= 4 is 20.0 Å². The van der Waals surface area contributed by atoms with Gasteiger partial charge in [-0.15, -0.1) is 0 Å². The van der Waals surface area contributed by atoms with Crippen LogP contribution in [-0.2, 0) is 20.0 Å². The van der Waals surface area contributed by atoms with E-state index in [2.05, 4.69) is 9.62 Å². The van der Waals surface area contributed by atoms with Crippen molar-refractivity contribution in [3.05, 3.63) is 24.3 Å². The van der Waals surface area contributed by atoms with Crippen LogP contribution in [0.25, 0.3) is 0 Å². The maximum Gasteiger partial charge on any atom is 0.243 e. The van der Waals surface area contributed by atoms with Gasteiger partial charge in [-0.05, 0) is 51.0 Å². The van der Waals surface area contributed by atoms with E-state index >= 15 is 0 Å². The minimum absolute atomic E-state index is 0.00201. The summed E-state index contributed by atoms with van der Waals surface area (Å²) in [5, 5.41) is 9.55. The summed E-state index contributed by atoms with van der Waals surface area (Å²) in [7, 11) is -7.29. The maximum absolute atomic E-state index is 12.9. The predicted octanol–water partition coefficient (Wildman–Crippen LogP) is 0.203. The third-order valence-corrected chi connectivity index (χ3v) is 8.31. The molecule has 1 aromatic rings. The lowest BCUT2D eigenvalue weighted by atomic mass is 10.2. The summed E-state index contributed by atoms with van der Waals surface area (Å²) in [4.78, 5) is 2.23. The van der Waals surface area contributed by atoms with E-state index in [-0.39, 0.29) is 21.9 Å². The highest BCUT2D eigenvalue weighted by molar-refractivity contribution is 7.89. The van der Waals surface area contributed by atoms with Gasteiger partial charge in [0, 0.05) is 38.3 Å². The van der Waals surface area contributed by atoms with Gasteiger partial charge in [0.05, 0.1) is 15.9 Å². The van der Waals surface area contributed by atoms with Crippen LogP contribution in [0.4, 0.5) is 0 Å². The van der Waals surface area contributed by atoms with Crippen LogP contribution < -0.4 is 4.72 Å². The van der Waals surface area contributed by atoms with E-state index in [0.717, 1.165) is 12.8 Å². The summed E-state index contributed by atoms with van der Waals surface area (Å²) in [6.45, 7) is 5.37. The molecular weight excluding hydrogens is 390 g/mol. The largest absolute Gasteiger partial charge is 0.392 e. The van der Waals surface area contributed by atoms with Gasteiger partial charge in [0.15, 0.2) is 0 Å². The summed E-state index contributed by atoms with van der Waals surface area (Å²) >= 11 is 0. The quantitative estimate of drug-likeness (QED) is 0.657. The highest BCUT2D eigenvalue weighted by Crippen LogP contribution is 2.24. The Labute approximate surface area is 161 Å². The Morgan fingerprint density at radius 1 is 1.11 bits per heavy atom. The Morgan fingerprint density at radius 2 is 1.70 bits per heavy atom. The molecule has 8 nitrogen and oxygen atoms in total. The standard InChI is InChI=1S/C17H27N3O5S2/c1-13-11-20(10-9-19(13)12-14(2)21)27(24,25)17-7-5-16(6-8-17)26(22,23)18-15-3-4-15/h5-8,13-15,18,21H,3-4,9-12H2,1-2H3/t13-,14-/m1/s1. The molecule has 0 unspecified atom stereocenters. The van der Waals surface area contributed by atoms with E-state index in [4.69, 9.17) is 0 Å². The van der Waals surface area contributed by atoms with Crippen LogP contribution >= 0.6 is 0 Å². The highest BCUT2D eigenvalue weighted by atomic mass is 32.2. The molecule has 152 valence electrons. The molecule has 1 aliphatic heterocycles. The first-order valence-electron chi connectivity index (χ1n) is 9.14. The molecule has 27 heavy (non-hydrogen) atoms. The number of aliphatic hydroxyl groups excluding tert-OH is 1. The molecule has 2 atom stereocenters. The van der Waals surface area contributed by atoms with Crippen LogP contribution in [0.1, 0.15) is 26.7 Å². The average molecular weight is 418 g/mol. The number of nitrogens with one attached hydrogen (secondary N) is 1. The Balaban J connectivity index is 1.71.